The van der Waals surface area contributed by atoms with E-state index in [1.165, 1.54) is 4.31 Å². The van der Waals surface area contributed by atoms with Gasteiger partial charge < -0.3 is 10.2 Å². The second-order valence-electron chi connectivity index (χ2n) is 21.6. The van der Waals surface area contributed by atoms with Crippen molar-refractivity contribution in [3.8, 4) is 0 Å². The molecule has 3 amide bonds. The molecule has 7 atom stereocenters. The number of carbonyl (C=O) groups is 5. The third-order valence-electron chi connectivity index (χ3n) is 15.9. The molecular formula is C44H71N5O7S. The van der Waals surface area contributed by atoms with Gasteiger partial charge in [0.05, 0.1) is 23.5 Å². The lowest BCUT2D eigenvalue weighted by Gasteiger charge is -2.38. The SMILES string of the molecule is C=C[C@@H]1C[C@]1(CC(=O)[C@@H]1C[C@@]2(CN1C(=O)[C@@H](CC(=O)[C@@H](NC(=O)[C@H]1CCCN1C(C)C)C(C)(C)C)C(C)(C)C)C(C)(C)C21CCC1)C(=O)NS(=O)(=O)N1CCCC1. The van der Waals surface area contributed by atoms with Gasteiger partial charge in [-0.25, -0.2) is 4.72 Å². The van der Waals surface area contributed by atoms with Crippen LogP contribution in [0.4, 0.5) is 0 Å². The van der Waals surface area contributed by atoms with Crippen LogP contribution in [-0.2, 0) is 34.2 Å². The second kappa shape index (κ2) is 14.8. The number of nitrogens with zero attached hydrogens (tertiary/aromatic N) is 3. The molecule has 0 unspecified atom stereocenters. The maximum absolute atomic E-state index is 15.2. The number of hydrogen-bond acceptors (Lipinski definition) is 8. The summed E-state index contributed by atoms with van der Waals surface area (Å²) in [6, 6.07) is -1.75. The summed E-state index contributed by atoms with van der Waals surface area (Å²) in [4.78, 5) is 76.1. The van der Waals surface area contributed by atoms with Gasteiger partial charge in [0.25, 0.3) is 0 Å². The van der Waals surface area contributed by atoms with Crippen LogP contribution in [-0.4, -0.2) is 102 Å². The predicted octanol–water partition coefficient (Wildman–Crippen LogP) is 5.42. The smallest absolute Gasteiger partial charge is 0.303 e. The molecule has 0 bridgehead atoms. The molecule has 3 heterocycles. The van der Waals surface area contributed by atoms with Gasteiger partial charge in [0.2, 0.25) is 17.7 Å². The number of allylic oxidation sites excluding steroid dienone is 1. The van der Waals surface area contributed by atoms with Gasteiger partial charge in [-0.05, 0) is 99.3 Å². The van der Waals surface area contributed by atoms with Crippen LogP contribution in [0.3, 0.4) is 0 Å². The summed E-state index contributed by atoms with van der Waals surface area (Å²) in [5.41, 5.74) is -2.90. The van der Waals surface area contributed by atoms with Crippen molar-refractivity contribution in [2.45, 2.75) is 164 Å². The highest BCUT2D eigenvalue weighted by molar-refractivity contribution is 7.87. The molecule has 320 valence electrons. The molecule has 0 aromatic heterocycles. The van der Waals surface area contributed by atoms with Crippen molar-refractivity contribution in [2.24, 2.45) is 44.3 Å². The van der Waals surface area contributed by atoms with E-state index < -0.39 is 50.4 Å². The van der Waals surface area contributed by atoms with Crippen molar-refractivity contribution < 1.29 is 32.4 Å². The van der Waals surface area contributed by atoms with Crippen molar-refractivity contribution in [2.75, 3.05) is 26.2 Å². The Hall–Kier alpha value is -2.64. The Balaban J connectivity index is 1.27. The molecule has 3 aliphatic carbocycles. The molecule has 0 aromatic rings. The minimum absolute atomic E-state index is 0.0223. The van der Waals surface area contributed by atoms with Gasteiger partial charge in [-0.15, -0.1) is 6.58 Å². The minimum atomic E-state index is -4.06. The van der Waals surface area contributed by atoms with Gasteiger partial charge in [0.1, 0.15) is 0 Å². The molecule has 3 aliphatic heterocycles. The Kier molecular flexibility index (Phi) is 11.4. The largest absolute Gasteiger partial charge is 0.344 e. The molecule has 6 rings (SSSR count). The first-order chi connectivity index (χ1) is 26.3. The number of rotatable bonds is 14. The minimum Gasteiger partial charge on any atom is -0.344 e. The predicted molar refractivity (Wildman–Crippen MR) is 220 cm³/mol. The van der Waals surface area contributed by atoms with Crippen LogP contribution in [0.1, 0.15) is 140 Å². The van der Waals surface area contributed by atoms with Crippen molar-refractivity contribution in [1.29, 1.82) is 0 Å². The van der Waals surface area contributed by atoms with E-state index in [-0.39, 0.29) is 70.5 Å². The number of likely N-dealkylation sites (tertiary alicyclic amines) is 2. The van der Waals surface area contributed by atoms with Gasteiger partial charge in [-0.2, -0.15) is 12.7 Å². The Labute approximate surface area is 342 Å². The number of ketones is 2. The lowest BCUT2D eigenvalue weighted by atomic mass is 9.73. The van der Waals surface area contributed by atoms with E-state index in [4.69, 9.17) is 0 Å². The third-order valence-corrected chi connectivity index (χ3v) is 17.4. The molecule has 57 heavy (non-hydrogen) atoms. The van der Waals surface area contributed by atoms with Crippen molar-refractivity contribution >= 4 is 39.5 Å². The summed E-state index contributed by atoms with van der Waals surface area (Å²) in [7, 11) is -4.06. The Morgan fingerprint density at radius 3 is 1.98 bits per heavy atom. The zero-order valence-corrected chi connectivity index (χ0v) is 37.3. The average Bonchev–Trinajstić information content (AvgIpc) is 3.53. The normalized spacial score (nSPS) is 31.9. The van der Waals surface area contributed by atoms with Crippen molar-refractivity contribution in [3.63, 3.8) is 0 Å². The van der Waals surface area contributed by atoms with E-state index >= 15 is 4.79 Å². The fraction of sp³-hybridized carbons (Fsp3) is 0.841. The lowest BCUT2D eigenvalue weighted by molar-refractivity contribution is -0.147. The van der Waals surface area contributed by atoms with Crippen LogP contribution in [0, 0.1) is 44.3 Å². The fourth-order valence-corrected chi connectivity index (χ4v) is 13.2. The first-order valence-corrected chi connectivity index (χ1v) is 23.1. The molecule has 13 heteroatoms. The molecule has 0 radical (unpaired) electrons. The van der Waals surface area contributed by atoms with E-state index in [1.54, 1.807) is 11.0 Å². The zero-order valence-electron chi connectivity index (χ0n) is 36.5. The highest BCUT2D eigenvalue weighted by Crippen LogP contribution is 2.88. The van der Waals surface area contributed by atoms with Crippen LogP contribution in [0.15, 0.2) is 12.7 Å². The molecule has 12 nitrogen and oxygen atoms in total. The van der Waals surface area contributed by atoms with Crippen LogP contribution < -0.4 is 10.0 Å². The third kappa shape index (κ3) is 7.35. The number of amides is 3. The Morgan fingerprint density at radius 2 is 1.49 bits per heavy atom. The maximum Gasteiger partial charge on any atom is 0.303 e. The van der Waals surface area contributed by atoms with Crippen LogP contribution in [0.5, 0.6) is 0 Å². The van der Waals surface area contributed by atoms with Crippen LogP contribution in [0.2, 0.25) is 0 Å². The number of nitrogens with one attached hydrogen (secondary N) is 2. The first-order valence-electron chi connectivity index (χ1n) is 21.7. The highest BCUT2D eigenvalue weighted by atomic mass is 32.2. The van der Waals surface area contributed by atoms with E-state index in [0.717, 1.165) is 51.5 Å². The topological polar surface area (TPSA) is 153 Å². The molecule has 3 saturated heterocycles. The Bertz CT molecular complexity index is 1770. The highest BCUT2D eigenvalue weighted by Gasteiger charge is 2.85. The summed E-state index contributed by atoms with van der Waals surface area (Å²) >= 11 is 0. The van der Waals surface area contributed by atoms with E-state index in [9.17, 15) is 27.6 Å². The zero-order chi connectivity index (χ0) is 42.3. The fourth-order valence-electron chi connectivity index (χ4n) is 11.9. The molecule has 3 saturated carbocycles. The molecule has 2 spiro atoms. The lowest BCUT2D eigenvalue weighted by Crippen LogP contribution is -2.56. The average molecular weight is 814 g/mol. The number of carbonyl (C=O) groups excluding carboxylic acids is 5. The first kappa shape index (κ1) is 43.9. The van der Waals surface area contributed by atoms with E-state index in [2.05, 4.69) is 49.2 Å². The van der Waals surface area contributed by atoms with Gasteiger partial charge in [0.15, 0.2) is 11.6 Å². The second-order valence-corrected chi connectivity index (χ2v) is 23.3. The summed E-state index contributed by atoms with van der Waals surface area (Å²) < 4.78 is 29.9. The maximum atomic E-state index is 15.2. The molecule has 6 fully saturated rings. The Morgan fingerprint density at radius 1 is 0.860 bits per heavy atom. The summed E-state index contributed by atoms with van der Waals surface area (Å²) in [5.74, 6) is -2.71. The van der Waals surface area contributed by atoms with Gasteiger partial charge in [0, 0.05) is 49.9 Å². The number of fused-ring (bicyclic) bond motifs is 1. The molecular weight excluding hydrogens is 743 g/mol. The van der Waals surface area contributed by atoms with Gasteiger partial charge in [-0.3, -0.25) is 28.9 Å². The van der Waals surface area contributed by atoms with Crippen LogP contribution in [0.25, 0.3) is 0 Å². The molecule has 6 aliphatic rings. The quantitative estimate of drug-likeness (QED) is 0.221. The monoisotopic (exact) mass is 814 g/mol. The summed E-state index contributed by atoms with van der Waals surface area (Å²) in [6.07, 6.45) is 8.37. The van der Waals surface area contributed by atoms with Crippen molar-refractivity contribution in [1.82, 2.24) is 24.1 Å². The van der Waals surface area contributed by atoms with Gasteiger partial charge in [-0.1, -0.05) is 67.9 Å². The van der Waals surface area contributed by atoms with Gasteiger partial charge >= 0.3 is 10.2 Å². The standard InChI is InChI=1S/C44H71N5O7S/c1-12-29-24-42(29,38(54)46-57(55,56)47-20-13-14-21-47)26-34(51)32-25-44(41(10,11)43(44)18-16-19-43)27-49(32)37(53)30(39(4,5)6)23-33(50)35(40(7,8)9)45-36(52)31-17-15-22-48(31)28(2)3/h12,28-32,35H,1,13-27H2,2-11H3,(H,45,52)(H,46,54)/t29-,30-,31-,32+,35-,42-,44-/m1/s1. The van der Waals surface area contributed by atoms with E-state index in [0.29, 0.717) is 32.5 Å². The molecule has 2 N–H and O–H groups in total. The van der Waals surface area contributed by atoms with Crippen LogP contribution >= 0.6 is 0 Å². The number of Topliss-reactive ketones (excluding diaryl/α,β-unsaturated/α-hetero) is 2. The summed E-state index contributed by atoms with van der Waals surface area (Å²) in [5, 5.41) is 3.12. The number of hydrogen-bond donors (Lipinski definition) is 2. The van der Waals surface area contributed by atoms with E-state index in [1.807, 2.05) is 41.5 Å². The summed E-state index contributed by atoms with van der Waals surface area (Å²) in [6.45, 7) is 26.1. The van der Waals surface area contributed by atoms with Crippen molar-refractivity contribution in [3.05, 3.63) is 12.7 Å². The molecule has 0 aromatic carbocycles.